The van der Waals surface area contributed by atoms with Crippen molar-refractivity contribution in [2.24, 2.45) is 0 Å². The standard InChI is InChI=1S/C12H14ClNO4/c1-18-7-11(15)14-10(12(16)17)6-8-2-4-9(13)5-3-8/h2-5,10H,6-7H2,1H3,(H,14,15)(H,16,17)/t10-/m1/s1. The second kappa shape index (κ2) is 6.98. The maximum absolute atomic E-state index is 11.3. The van der Waals surface area contributed by atoms with Crippen LogP contribution in [0.15, 0.2) is 24.3 Å². The smallest absolute Gasteiger partial charge is 0.326 e. The average Bonchev–Trinajstić information content (AvgIpc) is 2.31. The van der Waals surface area contributed by atoms with Gasteiger partial charge in [0.25, 0.3) is 0 Å². The second-order valence-electron chi connectivity index (χ2n) is 3.72. The van der Waals surface area contributed by atoms with Crippen molar-refractivity contribution in [3.05, 3.63) is 34.9 Å². The van der Waals surface area contributed by atoms with Gasteiger partial charge in [0, 0.05) is 18.6 Å². The van der Waals surface area contributed by atoms with E-state index in [1.807, 2.05) is 0 Å². The summed E-state index contributed by atoms with van der Waals surface area (Å²) in [6, 6.07) is 5.81. The maximum atomic E-state index is 11.3. The van der Waals surface area contributed by atoms with Gasteiger partial charge < -0.3 is 15.2 Å². The number of nitrogens with one attached hydrogen (secondary N) is 1. The highest BCUT2D eigenvalue weighted by atomic mass is 35.5. The molecule has 0 radical (unpaired) electrons. The van der Waals surface area contributed by atoms with Crippen LogP contribution in [0.4, 0.5) is 0 Å². The van der Waals surface area contributed by atoms with Gasteiger partial charge in [-0.25, -0.2) is 4.79 Å². The van der Waals surface area contributed by atoms with E-state index in [0.29, 0.717) is 5.02 Å². The Labute approximate surface area is 110 Å². The number of hydrogen-bond acceptors (Lipinski definition) is 3. The summed E-state index contributed by atoms with van der Waals surface area (Å²) in [5, 5.41) is 12.0. The highest BCUT2D eigenvalue weighted by Gasteiger charge is 2.20. The Bertz CT molecular complexity index is 419. The summed E-state index contributed by atoms with van der Waals surface area (Å²) in [4.78, 5) is 22.3. The number of carboxylic acid groups (broad SMARTS) is 1. The highest BCUT2D eigenvalue weighted by molar-refractivity contribution is 6.30. The van der Waals surface area contributed by atoms with Crippen LogP contribution in [-0.2, 0) is 20.7 Å². The molecule has 0 saturated carbocycles. The number of rotatable bonds is 6. The van der Waals surface area contributed by atoms with Crippen molar-refractivity contribution in [2.45, 2.75) is 12.5 Å². The average molecular weight is 272 g/mol. The van der Waals surface area contributed by atoms with E-state index in [1.54, 1.807) is 24.3 Å². The van der Waals surface area contributed by atoms with E-state index in [0.717, 1.165) is 5.56 Å². The van der Waals surface area contributed by atoms with Gasteiger partial charge in [0.1, 0.15) is 12.6 Å². The fraction of sp³-hybridized carbons (Fsp3) is 0.333. The fourth-order valence-corrected chi connectivity index (χ4v) is 1.55. The number of carbonyl (C=O) groups is 2. The molecule has 0 saturated heterocycles. The molecular weight excluding hydrogens is 258 g/mol. The van der Waals surface area contributed by atoms with Gasteiger partial charge in [0.15, 0.2) is 0 Å². The van der Waals surface area contributed by atoms with E-state index in [9.17, 15) is 9.59 Å². The van der Waals surface area contributed by atoms with E-state index in [-0.39, 0.29) is 13.0 Å². The molecule has 6 heteroatoms. The molecule has 0 aromatic heterocycles. The first-order valence-corrected chi connectivity index (χ1v) is 5.66. The Hall–Kier alpha value is -1.59. The zero-order valence-electron chi connectivity index (χ0n) is 9.85. The molecule has 0 aliphatic carbocycles. The number of carbonyl (C=O) groups excluding carboxylic acids is 1. The number of benzene rings is 1. The molecule has 1 aromatic carbocycles. The third-order valence-electron chi connectivity index (χ3n) is 2.26. The molecule has 0 aliphatic heterocycles. The first kappa shape index (κ1) is 14.5. The van der Waals surface area contributed by atoms with Gasteiger partial charge in [-0.05, 0) is 17.7 Å². The van der Waals surface area contributed by atoms with Gasteiger partial charge in [-0.15, -0.1) is 0 Å². The molecule has 2 N–H and O–H groups in total. The Balaban J connectivity index is 2.65. The molecule has 0 unspecified atom stereocenters. The second-order valence-corrected chi connectivity index (χ2v) is 4.16. The number of amides is 1. The summed E-state index contributed by atoms with van der Waals surface area (Å²) in [7, 11) is 1.37. The van der Waals surface area contributed by atoms with E-state index < -0.39 is 17.9 Å². The molecule has 1 amide bonds. The van der Waals surface area contributed by atoms with E-state index in [1.165, 1.54) is 7.11 Å². The van der Waals surface area contributed by atoms with Gasteiger partial charge in [-0.2, -0.15) is 0 Å². The summed E-state index contributed by atoms with van der Waals surface area (Å²) in [5.41, 5.74) is 0.782. The molecule has 1 aromatic rings. The number of methoxy groups -OCH3 is 1. The van der Waals surface area contributed by atoms with Crippen LogP contribution in [0.3, 0.4) is 0 Å². The fourth-order valence-electron chi connectivity index (χ4n) is 1.42. The van der Waals surface area contributed by atoms with E-state index >= 15 is 0 Å². The van der Waals surface area contributed by atoms with Crippen molar-refractivity contribution in [3.63, 3.8) is 0 Å². The topological polar surface area (TPSA) is 75.6 Å². The van der Waals surface area contributed by atoms with Crippen molar-refractivity contribution < 1.29 is 19.4 Å². The molecule has 1 atom stereocenters. The lowest BCUT2D eigenvalue weighted by Crippen LogP contribution is -2.43. The van der Waals surface area contributed by atoms with Crippen molar-refractivity contribution >= 4 is 23.5 Å². The summed E-state index contributed by atoms with van der Waals surface area (Å²) in [6.45, 7) is -0.162. The molecule has 0 spiro atoms. The highest BCUT2D eigenvalue weighted by Crippen LogP contribution is 2.11. The van der Waals surface area contributed by atoms with Crippen molar-refractivity contribution in [3.8, 4) is 0 Å². The SMILES string of the molecule is COCC(=O)N[C@H](Cc1ccc(Cl)cc1)C(=O)O. The van der Waals surface area contributed by atoms with Crippen LogP contribution in [0.1, 0.15) is 5.56 Å². The minimum absolute atomic E-state index is 0.162. The van der Waals surface area contributed by atoms with Crippen LogP contribution >= 0.6 is 11.6 Å². The lowest BCUT2D eigenvalue weighted by Gasteiger charge is -2.14. The van der Waals surface area contributed by atoms with Crippen molar-refractivity contribution in [2.75, 3.05) is 13.7 Å². The van der Waals surface area contributed by atoms with Crippen molar-refractivity contribution in [1.29, 1.82) is 0 Å². The van der Waals surface area contributed by atoms with Crippen LogP contribution in [0, 0.1) is 0 Å². The van der Waals surface area contributed by atoms with Crippen LogP contribution in [0.25, 0.3) is 0 Å². The Kier molecular flexibility index (Phi) is 5.61. The lowest BCUT2D eigenvalue weighted by molar-refractivity contribution is -0.142. The summed E-state index contributed by atoms with van der Waals surface area (Å²) in [5.74, 6) is -1.55. The van der Waals surface area contributed by atoms with Crippen LogP contribution in [0.2, 0.25) is 5.02 Å². The first-order valence-electron chi connectivity index (χ1n) is 5.28. The maximum Gasteiger partial charge on any atom is 0.326 e. The molecule has 0 heterocycles. The third-order valence-corrected chi connectivity index (χ3v) is 2.51. The molecule has 5 nitrogen and oxygen atoms in total. The molecule has 18 heavy (non-hydrogen) atoms. The Morgan fingerprint density at radius 1 is 1.39 bits per heavy atom. The molecular formula is C12H14ClNO4. The molecule has 0 bridgehead atoms. The van der Waals surface area contributed by atoms with Gasteiger partial charge in [-0.3, -0.25) is 4.79 Å². The largest absolute Gasteiger partial charge is 0.480 e. The van der Waals surface area contributed by atoms with Crippen LogP contribution < -0.4 is 5.32 Å². The zero-order chi connectivity index (χ0) is 13.5. The summed E-state index contributed by atoms with van der Waals surface area (Å²) in [6.07, 6.45) is 0.196. The first-order chi connectivity index (χ1) is 8.52. The molecule has 1 rings (SSSR count). The number of halogens is 1. The molecule has 98 valence electrons. The van der Waals surface area contributed by atoms with Gasteiger partial charge in [0.05, 0.1) is 0 Å². The summed E-state index contributed by atoms with van der Waals surface area (Å²) < 4.78 is 4.63. The number of hydrogen-bond donors (Lipinski definition) is 2. The predicted molar refractivity (Wildman–Crippen MR) is 66.6 cm³/mol. The monoisotopic (exact) mass is 271 g/mol. The predicted octanol–water partition coefficient (Wildman–Crippen LogP) is 1.10. The quantitative estimate of drug-likeness (QED) is 0.812. The minimum Gasteiger partial charge on any atom is -0.480 e. The third kappa shape index (κ3) is 4.73. The van der Waals surface area contributed by atoms with Crippen LogP contribution in [0.5, 0.6) is 0 Å². The number of carboxylic acids is 1. The summed E-state index contributed by atoms with van der Waals surface area (Å²) >= 11 is 5.73. The van der Waals surface area contributed by atoms with Gasteiger partial charge in [-0.1, -0.05) is 23.7 Å². The number of ether oxygens (including phenoxy) is 1. The van der Waals surface area contributed by atoms with Gasteiger partial charge in [0.2, 0.25) is 5.91 Å². The van der Waals surface area contributed by atoms with Gasteiger partial charge >= 0.3 is 5.97 Å². The van der Waals surface area contributed by atoms with Crippen LogP contribution in [-0.4, -0.2) is 36.7 Å². The number of aliphatic carboxylic acids is 1. The lowest BCUT2D eigenvalue weighted by atomic mass is 10.1. The Morgan fingerprint density at radius 3 is 2.50 bits per heavy atom. The normalized spacial score (nSPS) is 11.9. The van der Waals surface area contributed by atoms with Crippen molar-refractivity contribution in [1.82, 2.24) is 5.32 Å². The van der Waals surface area contributed by atoms with E-state index in [4.69, 9.17) is 16.7 Å². The molecule has 0 aliphatic rings. The minimum atomic E-state index is -1.09. The van der Waals surface area contributed by atoms with E-state index in [2.05, 4.69) is 10.1 Å². The zero-order valence-corrected chi connectivity index (χ0v) is 10.6. The molecule has 0 fully saturated rings. The Morgan fingerprint density at radius 2 is 2.00 bits per heavy atom.